The summed E-state index contributed by atoms with van der Waals surface area (Å²) in [4.78, 5) is 38.1. The molecule has 3 aromatic rings. The summed E-state index contributed by atoms with van der Waals surface area (Å²) in [5.41, 5.74) is 1.73. The van der Waals surface area contributed by atoms with Gasteiger partial charge in [-0.2, -0.15) is 0 Å². The summed E-state index contributed by atoms with van der Waals surface area (Å²) in [6.07, 6.45) is 4.41. The van der Waals surface area contributed by atoms with Crippen LogP contribution in [0.2, 0.25) is 0 Å². The van der Waals surface area contributed by atoms with E-state index in [1.807, 2.05) is 13.0 Å². The van der Waals surface area contributed by atoms with Gasteiger partial charge in [-0.05, 0) is 31.2 Å². The van der Waals surface area contributed by atoms with Crippen molar-refractivity contribution in [2.45, 2.75) is 26.0 Å². The molecule has 0 saturated carbocycles. The molecule has 36 heavy (non-hydrogen) atoms. The Bertz CT molecular complexity index is 1240. The first-order valence-electron chi connectivity index (χ1n) is 11.8. The molecule has 1 aliphatic rings. The van der Waals surface area contributed by atoms with Crippen LogP contribution in [0.4, 0.5) is 4.39 Å². The van der Waals surface area contributed by atoms with Crippen LogP contribution in [0, 0.1) is 11.7 Å². The number of likely N-dealkylation sites (N-methyl/N-ethyl adjacent to an activating group) is 1. The van der Waals surface area contributed by atoms with Crippen molar-refractivity contribution < 1.29 is 23.8 Å². The normalized spacial score (nSPS) is 18.5. The van der Waals surface area contributed by atoms with E-state index in [2.05, 4.69) is 9.97 Å². The molecule has 2 aromatic heterocycles. The van der Waals surface area contributed by atoms with Crippen molar-refractivity contribution in [2.24, 2.45) is 5.92 Å². The zero-order valence-corrected chi connectivity index (χ0v) is 20.5. The number of benzene rings is 1. The lowest BCUT2D eigenvalue weighted by atomic mass is 9.99. The van der Waals surface area contributed by atoms with E-state index in [1.54, 1.807) is 55.7 Å². The Morgan fingerprint density at radius 1 is 1.25 bits per heavy atom. The third-order valence-electron chi connectivity index (χ3n) is 6.42. The molecule has 0 radical (unpaired) electrons. The minimum absolute atomic E-state index is 0.0242. The van der Waals surface area contributed by atoms with Gasteiger partial charge >= 0.3 is 0 Å². The summed E-state index contributed by atoms with van der Waals surface area (Å²) in [7, 11) is 1.59. The van der Waals surface area contributed by atoms with Crippen LogP contribution in [0.3, 0.4) is 0 Å². The second kappa shape index (κ2) is 10.8. The van der Waals surface area contributed by atoms with Crippen LogP contribution in [0.25, 0.3) is 11.1 Å². The predicted octanol–water partition coefficient (Wildman–Crippen LogP) is 3.28. The summed E-state index contributed by atoms with van der Waals surface area (Å²) >= 11 is 0. The second-order valence-corrected chi connectivity index (χ2v) is 9.11. The van der Waals surface area contributed by atoms with Crippen LogP contribution < -0.4 is 4.74 Å². The third kappa shape index (κ3) is 5.21. The number of halogens is 1. The molecular weight excluding hydrogens is 463 g/mol. The molecule has 1 N–H and O–H groups in total. The highest BCUT2D eigenvalue weighted by Crippen LogP contribution is 2.30. The van der Waals surface area contributed by atoms with Crippen molar-refractivity contribution in [3.63, 3.8) is 0 Å². The number of nitrogens with zero attached hydrogens (tertiary/aromatic N) is 4. The molecule has 4 rings (SSSR count). The van der Waals surface area contributed by atoms with Crippen molar-refractivity contribution >= 4 is 11.8 Å². The first-order chi connectivity index (χ1) is 17.3. The second-order valence-electron chi connectivity index (χ2n) is 9.11. The number of ether oxygens (including phenoxy) is 1. The SMILES string of the molecule is C[C@H](CO)N1C[C@H](C)[C@H](CN(C)C(=O)c2ccccc2F)Oc2ncc(-c3cccnc3)cc2C1=O. The lowest BCUT2D eigenvalue weighted by molar-refractivity contribution is 0.0312. The quantitative estimate of drug-likeness (QED) is 0.568. The molecule has 0 unspecified atom stereocenters. The van der Waals surface area contributed by atoms with Gasteiger partial charge in [-0.25, -0.2) is 9.37 Å². The van der Waals surface area contributed by atoms with Crippen LogP contribution in [-0.2, 0) is 0 Å². The average molecular weight is 493 g/mol. The van der Waals surface area contributed by atoms with Crippen LogP contribution in [-0.4, -0.2) is 75.6 Å². The summed E-state index contributed by atoms with van der Waals surface area (Å²) in [5.74, 6) is -1.43. The molecule has 0 fully saturated rings. The highest BCUT2D eigenvalue weighted by Gasteiger charge is 2.35. The number of aliphatic hydroxyl groups is 1. The Morgan fingerprint density at radius 3 is 2.72 bits per heavy atom. The zero-order valence-electron chi connectivity index (χ0n) is 20.5. The van der Waals surface area contributed by atoms with Crippen LogP contribution in [0.15, 0.2) is 61.1 Å². The molecule has 3 heterocycles. The van der Waals surface area contributed by atoms with E-state index in [0.717, 1.165) is 5.56 Å². The van der Waals surface area contributed by atoms with E-state index < -0.39 is 23.9 Å². The summed E-state index contributed by atoms with van der Waals surface area (Å²) in [5, 5.41) is 9.83. The van der Waals surface area contributed by atoms with E-state index >= 15 is 0 Å². The van der Waals surface area contributed by atoms with Crippen molar-refractivity contribution in [1.82, 2.24) is 19.8 Å². The molecule has 1 aromatic carbocycles. The predicted molar refractivity (Wildman–Crippen MR) is 132 cm³/mol. The number of pyridine rings is 2. The molecule has 9 heteroatoms. The maximum Gasteiger partial charge on any atom is 0.259 e. The number of carbonyl (C=O) groups excluding carboxylic acids is 2. The maximum absolute atomic E-state index is 14.2. The number of hydrogen-bond donors (Lipinski definition) is 1. The van der Waals surface area contributed by atoms with E-state index in [9.17, 15) is 19.1 Å². The van der Waals surface area contributed by atoms with Gasteiger partial charge in [0.15, 0.2) is 0 Å². The molecule has 0 saturated heterocycles. The van der Waals surface area contributed by atoms with E-state index in [1.165, 1.54) is 23.1 Å². The van der Waals surface area contributed by atoms with E-state index in [-0.39, 0.29) is 42.0 Å². The van der Waals surface area contributed by atoms with E-state index in [4.69, 9.17) is 4.74 Å². The van der Waals surface area contributed by atoms with Gasteiger partial charge in [0.1, 0.15) is 17.5 Å². The molecule has 0 aliphatic carbocycles. The standard InChI is InChI=1S/C27H29FN4O4/c1-17-14-32(18(2)16-33)27(35)22-11-20(19-7-6-10-29-12-19)13-30-25(22)36-24(17)15-31(3)26(34)21-8-4-5-9-23(21)28/h4-13,17-18,24,33H,14-16H2,1-3H3/t17-,18+,24-/m0/s1. The molecule has 0 bridgehead atoms. The van der Waals surface area contributed by atoms with Gasteiger partial charge in [0.25, 0.3) is 11.8 Å². The molecule has 8 nitrogen and oxygen atoms in total. The Kier molecular flexibility index (Phi) is 7.59. The van der Waals surface area contributed by atoms with Gasteiger partial charge in [0.2, 0.25) is 5.88 Å². The van der Waals surface area contributed by atoms with Gasteiger partial charge in [0, 0.05) is 49.2 Å². The first kappa shape index (κ1) is 25.2. The third-order valence-corrected chi connectivity index (χ3v) is 6.42. The fourth-order valence-electron chi connectivity index (χ4n) is 4.20. The van der Waals surface area contributed by atoms with E-state index in [0.29, 0.717) is 12.1 Å². The van der Waals surface area contributed by atoms with Gasteiger partial charge in [0.05, 0.1) is 24.8 Å². The van der Waals surface area contributed by atoms with Crippen molar-refractivity contribution in [1.29, 1.82) is 0 Å². The fourth-order valence-corrected chi connectivity index (χ4v) is 4.20. The van der Waals surface area contributed by atoms with Crippen molar-refractivity contribution in [3.8, 4) is 17.0 Å². The molecule has 3 atom stereocenters. The molecule has 0 spiro atoms. The maximum atomic E-state index is 14.2. The molecule has 1 aliphatic heterocycles. The highest BCUT2D eigenvalue weighted by atomic mass is 19.1. The minimum Gasteiger partial charge on any atom is -0.472 e. The van der Waals surface area contributed by atoms with Crippen molar-refractivity contribution in [2.75, 3.05) is 26.7 Å². The number of fused-ring (bicyclic) bond motifs is 1. The molecule has 188 valence electrons. The number of aliphatic hydroxyl groups excluding tert-OH is 1. The van der Waals surface area contributed by atoms with Gasteiger partial charge in [-0.3, -0.25) is 14.6 Å². The van der Waals surface area contributed by atoms with Gasteiger partial charge in [-0.15, -0.1) is 0 Å². The zero-order chi connectivity index (χ0) is 25.8. The Hall–Kier alpha value is -3.85. The summed E-state index contributed by atoms with van der Waals surface area (Å²) in [6, 6.07) is 10.8. The Labute approximate surface area is 209 Å². The smallest absolute Gasteiger partial charge is 0.259 e. The van der Waals surface area contributed by atoms with Crippen LogP contribution >= 0.6 is 0 Å². The Balaban J connectivity index is 1.68. The molecular formula is C27H29FN4O4. The lowest BCUT2D eigenvalue weighted by Gasteiger charge is -2.37. The monoisotopic (exact) mass is 492 g/mol. The number of rotatable bonds is 6. The fraction of sp³-hybridized carbons (Fsp3) is 0.333. The van der Waals surface area contributed by atoms with Gasteiger partial charge < -0.3 is 19.6 Å². The minimum atomic E-state index is -0.593. The van der Waals surface area contributed by atoms with Crippen LogP contribution in [0.1, 0.15) is 34.6 Å². The van der Waals surface area contributed by atoms with Gasteiger partial charge in [-0.1, -0.05) is 25.1 Å². The highest BCUT2D eigenvalue weighted by molar-refractivity contribution is 5.98. The number of hydrogen-bond acceptors (Lipinski definition) is 6. The first-order valence-corrected chi connectivity index (χ1v) is 11.8. The van der Waals surface area contributed by atoms with Crippen molar-refractivity contribution in [3.05, 3.63) is 78.0 Å². The summed E-state index contributed by atoms with van der Waals surface area (Å²) in [6.45, 7) is 3.92. The largest absolute Gasteiger partial charge is 0.472 e. The number of aromatic nitrogens is 2. The lowest BCUT2D eigenvalue weighted by Crippen LogP contribution is -2.50. The number of amides is 2. The average Bonchev–Trinajstić information content (AvgIpc) is 2.90. The number of carbonyl (C=O) groups is 2. The topological polar surface area (TPSA) is 95.9 Å². The summed E-state index contributed by atoms with van der Waals surface area (Å²) < 4.78 is 20.4. The Morgan fingerprint density at radius 2 is 2.03 bits per heavy atom. The molecule has 2 amide bonds. The van der Waals surface area contributed by atoms with Crippen LogP contribution in [0.5, 0.6) is 5.88 Å².